The van der Waals surface area contributed by atoms with E-state index in [0.29, 0.717) is 5.41 Å². The summed E-state index contributed by atoms with van der Waals surface area (Å²) in [5.74, 6) is 0.793. The molecule has 0 aromatic carbocycles. The largest absolute Gasteiger partial charge is 0.300 e. The average molecular weight is 318 g/mol. The summed E-state index contributed by atoms with van der Waals surface area (Å²) < 4.78 is 0. The minimum Gasteiger partial charge on any atom is -0.300 e. The van der Waals surface area contributed by atoms with Gasteiger partial charge in [-0.05, 0) is 37.0 Å². The zero-order chi connectivity index (χ0) is 13.6. The molecule has 1 aliphatic carbocycles. The van der Waals surface area contributed by atoms with Crippen molar-refractivity contribution in [3.8, 4) is 0 Å². The van der Waals surface area contributed by atoms with Crippen LogP contribution in [0.2, 0.25) is 0 Å². The average Bonchev–Trinajstić information content (AvgIpc) is 3.12. The number of hydrogen-bond donors (Lipinski definition) is 0. The highest BCUT2D eigenvalue weighted by Gasteiger charge is 2.36. The zero-order valence-corrected chi connectivity index (χ0v) is 14.4. The van der Waals surface area contributed by atoms with Crippen molar-refractivity contribution >= 4 is 15.9 Å². The van der Waals surface area contributed by atoms with Gasteiger partial charge in [0.05, 0.1) is 0 Å². The fourth-order valence-corrected chi connectivity index (χ4v) is 3.94. The predicted octanol–water partition coefficient (Wildman–Crippen LogP) is 5.09. The third-order valence-electron chi connectivity index (χ3n) is 4.05. The van der Waals surface area contributed by atoms with Crippen molar-refractivity contribution in [3.05, 3.63) is 0 Å². The van der Waals surface area contributed by atoms with Crippen LogP contribution in [0.4, 0.5) is 0 Å². The maximum absolute atomic E-state index is 3.81. The molecular weight excluding hydrogens is 286 g/mol. The lowest BCUT2D eigenvalue weighted by atomic mass is 9.80. The Bertz CT molecular complexity index is 217. The van der Waals surface area contributed by atoms with E-state index in [-0.39, 0.29) is 0 Å². The molecule has 1 rings (SSSR count). The molecular formula is C16H32BrN. The SMILES string of the molecule is CCCC(CBr)(CCC)CN(CC(C)C)C1CC1. The molecule has 0 aromatic rings. The molecule has 1 aliphatic rings. The third kappa shape index (κ3) is 5.21. The molecule has 1 nitrogen and oxygen atoms in total. The van der Waals surface area contributed by atoms with Crippen molar-refractivity contribution in [2.45, 2.75) is 72.3 Å². The van der Waals surface area contributed by atoms with Gasteiger partial charge in [0.15, 0.2) is 0 Å². The summed E-state index contributed by atoms with van der Waals surface area (Å²) >= 11 is 3.81. The van der Waals surface area contributed by atoms with Crippen molar-refractivity contribution in [1.82, 2.24) is 4.90 Å². The van der Waals surface area contributed by atoms with Crippen molar-refractivity contribution in [2.75, 3.05) is 18.4 Å². The van der Waals surface area contributed by atoms with Gasteiger partial charge in [0.25, 0.3) is 0 Å². The van der Waals surface area contributed by atoms with E-state index >= 15 is 0 Å². The number of halogens is 1. The molecule has 0 atom stereocenters. The Morgan fingerprint density at radius 2 is 1.72 bits per heavy atom. The van der Waals surface area contributed by atoms with Gasteiger partial charge >= 0.3 is 0 Å². The molecule has 0 bridgehead atoms. The lowest BCUT2D eigenvalue weighted by Crippen LogP contribution is -2.42. The first-order chi connectivity index (χ1) is 8.56. The Morgan fingerprint density at radius 3 is 2.06 bits per heavy atom. The summed E-state index contributed by atoms with van der Waals surface area (Å²) in [4.78, 5) is 2.79. The smallest absolute Gasteiger partial charge is 0.0100 e. The van der Waals surface area contributed by atoms with Gasteiger partial charge in [-0.2, -0.15) is 0 Å². The molecule has 18 heavy (non-hydrogen) atoms. The highest BCUT2D eigenvalue weighted by Crippen LogP contribution is 2.37. The molecule has 0 amide bonds. The molecule has 0 N–H and O–H groups in total. The standard InChI is InChI=1S/C16H32BrN/c1-5-9-16(12-17,10-6-2)13-18(11-14(3)4)15-7-8-15/h14-15H,5-13H2,1-4H3. The first-order valence-electron chi connectivity index (χ1n) is 7.87. The van der Waals surface area contributed by atoms with Crippen molar-refractivity contribution in [2.24, 2.45) is 11.3 Å². The topological polar surface area (TPSA) is 3.24 Å². The Labute approximate surface area is 123 Å². The van der Waals surface area contributed by atoms with Crippen LogP contribution in [-0.4, -0.2) is 29.4 Å². The van der Waals surface area contributed by atoms with Crippen molar-refractivity contribution in [3.63, 3.8) is 0 Å². The van der Waals surface area contributed by atoms with E-state index in [1.54, 1.807) is 0 Å². The lowest BCUT2D eigenvalue weighted by Gasteiger charge is -2.38. The molecule has 2 heteroatoms. The van der Waals surface area contributed by atoms with Crippen LogP contribution in [0.3, 0.4) is 0 Å². The minimum atomic E-state index is 0.515. The quantitative estimate of drug-likeness (QED) is 0.507. The monoisotopic (exact) mass is 317 g/mol. The highest BCUT2D eigenvalue weighted by atomic mass is 79.9. The number of rotatable bonds is 10. The van der Waals surface area contributed by atoms with Crippen LogP contribution >= 0.6 is 15.9 Å². The predicted molar refractivity (Wildman–Crippen MR) is 85.5 cm³/mol. The third-order valence-corrected chi connectivity index (χ3v) is 5.24. The molecule has 108 valence electrons. The molecule has 0 radical (unpaired) electrons. The molecule has 0 aromatic heterocycles. The molecule has 0 spiro atoms. The van der Waals surface area contributed by atoms with Crippen LogP contribution in [0.15, 0.2) is 0 Å². The van der Waals surface area contributed by atoms with E-state index in [4.69, 9.17) is 0 Å². The fraction of sp³-hybridized carbons (Fsp3) is 1.00. The van der Waals surface area contributed by atoms with Crippen molar-refractivity contribution in [1.29, 1.82) is 0 Å². The van der Waals surface area contributed by atoms with Gasteiger partial charge in [0.1, 0.15) is 0 Å². The molecule has 0 heterocycles. The maximum atomic E-state index is 3.81. The molecule has 0 saturated heterocycles. The summed E-state index contributed by atoms with van der Waals surface area (Å²) in [6.45, 7) is 12.0. The second-order valence-corrected chi connectivity index (χ2v) is 7.25. The van der Waals surface area contributed by atoms with Crippen LogP contribution in [-0.2, 0) is 0 Å². The van der Waals surface area contributed by atoms with Crippen LogP contribution in [0.25, 0.3) is 0 Å². The summed E-state index contributed by atoms with van der Waals surface area (Å²) in [5.41, 5.74) is 0.515. The molecule has 1 fully saturated rings. The van der Waals surface area contributed by atoms with Gasteiger partial charge in [-0.25, -0.2) is 0 Å². The fourth-order valence-electron chi connectivity index (χ4n) is 3.20. The second-order valence-electron chi connectivity index (χ2n) is 6.69. The van der Waals surface area contributed by atoms with Gasteiger partial charge < -0.3 is 0 Å². The number of nitrogens with zero attached hydrogens (tertiary/aromatic N) is 1. The van der Waals surface area contributed by atoms with Crippen LogP contribution in [0.1, 0.15) is 66.2 Å². The normalized spacial score (nSPS) is 16.8. The van der Waals surface area contributed by atoms with Gasteiger partial charge in [0.2, 0.25) is 0 Å². The minimum absolute atomic E-state index is 0.515. The Balaban J connectivity index is 2.64. The molecule has 1 saturated carbocycles. The summed E-state index contributed by atoms with van der Waals surface area (Å²) in [6, 6.07) is 0.902. The second kappa shape index (κ2) is 7.89. The van der Waals surface area contributed by atoms with E-state index in [1.165, 1.54) is 56.9 Å². The van der Waals surface area contributed by atoms with Crippen LogP contribution in [0, 0.1) is 11.3 Å². The van der Waals surface area contributed by atoms with Crippen LogP contribution < -0.4 is 0 Å². The summed E-state index contributed by atoms with van der Waals surface area (Å²) in [7, 11) is 0. The van der Waals surface area contributed by atoms with E-state index in [1.807, 2.05) is 0 Å². The molecule has 0 unspecified atom stereocenters. The van der Waals surface area contributed by atoms with Gasteiger partial charge in [0, 0.05) is 24.5 Å². The maximum Gasteiger partial charge on any atom is 0.0100 e. The zero-order valence-electron chi connectivity index (χ0n) is 12.8. The van der Waals surface area contributed by atoms with E-state index in [2.05, 4.69) is 48.5 Å². The number of alkyl halides is 1. The van der Waals surface area contributed by atoms with Gasteiger partial charge in [-0.15, -0.1) is 0 Å². The van der Waals surface area contributed by atoms with E-state index < -0.39 is 0 Å². The Kier molecular flexibility index (Phi) is 7.23. The first-order valence-corrected chi connectivity index (χ1v) is 8.99. The summed E-state index contributed by atoms with van der Waals surface area (Å²) in [5, 5.41) is 1.17. The van der Waals surface area contributed by atoms with Crippen LogP contribution in [0.5, 0.6) is 0 Å². The molecule has 0 aliphatic heterocycles. The van der Waals surface area contributed by atoms with E-state index in [0.717, 1.165) is 12.0 Å². The Hall–Kier alpha value is 0.440. The summed E-state index contributed by atoms with van der Waals surface area (Å²) in [6.07, 6.45) is 8.23. The first kappa shape index (κ1) is 16.5. The van der Waals surface area contributed by atoms with Crippen molar-refractivity contribution < 1.29 is 0 Å². The van der Waals surface area contributed by atoms with E-state index in [9.17, 15) is 0 Å². The highest BCUT2D eigenvalue weighted by molar-refractivity contribution is 9.09. The Morgan fingerprint density at radius 1 is 1.17 bits per heavy atom. The van der Waals surface area contributed by atoms with Gasteiger partial charge in [-0.1, -0.05) is 56.5 Å². The van der Waals surface area contributed by atoms with Gasteiger partial charge in [-0.3, -0.25) is 4.90 Å². The number of hydrogen-bond acceptors (Lipinski definition) is 1. The lowest BCUT2D eigenvalue weighted by molar-refractivity contribution is 0.128.